The van der Waals surface area contributed by atoms with E-state index in [1.807, 2.05) is 6.92 Å². The van der Waals surface area contributed by atoms with Gasteiger partial charge >= 0.3 is 0 Å². The lowest BCUT2D eigenvalue weighted by Crippen LogP contribution is -2.50. The van der Waals surface area contributed by atoms with Crippen LogP contribution in [-0.4, -0.2) is 106 Å². The van der Waals surface area contributed by atoms with Gasteiger partial charge in [-0.25, -0.2) is 0 Å². The van der Waals surface area contributed by atoms with Crippen molar-refractivity contribution in [2.24, 2.45) is 5.92 Å². The van der Waals surface area contributed by atoms with Crippen LogP contribution in [0, 0.1) is 5.92 Å². The Morgan fingerprint density at radius 2 is 1.60 bits per heavy atom. The molecule has 6 nitrogen and oxygen atoms in total. The van der Waals surface area contributed by atoms with Gasteiger partial charge in [-0.1, -0.05) is 6.92 Å². The molecule has 2 fully saturated rings. The number of carbonyl (C=O) groups is 1. The third kappa shape index (κ3) is 8.13. The fourth-order valence-corrected chi connectivity index (χ4v) is 3.69. The molecule has 0 aromatic rings. The second-order valence-corrected chi connectivity index (χ2v) is 7.36. The average Bonchev–Trinajstić information content (AvgIpc) is 2.64. The van der Waals surface area contributed by atoms with E-state index in [1.54, 1.807) is 7.11 Å². The Labute approximate surface area is 153 Å². The number of ether oxygens (including phenoxy) is 2. The van der Waals surface area contributed by atoms with Gasteiger partial charge < -0.3 is 19.3 Å². The maximum absolute atomic E-state index is 11.6. The van der Waals surface area contributed by atoms with Gasteiger partial charge in [-0.3, -0.25) is 9.69 Å². The van der Waals surface area contributed by atoms with Crippen LogP contribution in [-0.2, 0) is 14.3 Å². The summed E-state index contributed by atoms with van der Waals surface area (Å²) in [6.45, 7) is 13.8. The zero-order valence-electron chi connectivity index (χ0n) is 16.3. The Kier molecular flexibility index (Phi) is 9.94. The number of piperazine rings is 1. The third-order valence-electron chi connectivity index (χ3n) is 5.47. The van der Waals surface area contributed by atoms with Crippen LogP contribution in [0.15, 0.2) is 0 Å². The van der Waals surface area contributed by atoms with Crippen molar-refractivity contribution in [3.63, 3.8) is 0 Å². The summed E-state index contributed by atoms with van der Waals surface area (Å²) in [5.41, 5.74) is 0. The first-order valence-corrected chi connectivity index (χ1v) is 9.96. The lowest BCUT2D eigenvalue weighted by molar-refractivity contribution is -0.120. The number of likely N-dealkylation sites (tertiary alicyclic amines) is 1. The van der Waals surface area contributed by atoms with Crippen molar-refractivity contribution in [2.45, 2.75) is 26.2 Å². The monoisotopic (exact) mass is 355 g/mol. The summed E-state index contributed by atoms with van der Waals surface area (Å²) in [6.07, 6.45) is 3.26. The fraction of sp³-hybridized carbons (Fsp3) is 0.947. The summed E-state index contributed by atoms with van der Waals surface area (Å²) in [5, 5.41) is 0. The molecule has 0 N–H and O–H groups in total. The van der Waals surface area contributed by atoms with Crippen LogP contribution in [0.4, 0.5) is 0 Å². The van der Waals surface area contributed by atoms with Crippen molar-refractivity contribution in [1.29, 1.82) is 0 Å². The van der Waals surface area contributed by atoms with Gasteiger partial charge in [-0.05, 0) is 31.8 Å². The minimum atomic E-state index is 0.368. The summed E-state index contributed by atoms with van der Waals surface area (Å²) in [7, 11) is 1.71. The van der Waals surface area contributed by atoms with Gasteiger partial charge in [0.1, 0.15) is 5.78 Å². The molecule has 0 aliphatic carbocycles. The van der Waals surface area contributed by atoms with Gasteiger partial charge in [-0.15, -0.1) is 0 Å². The maximum atomic E-state index is 11.6. The number of ketones is 1. The summed E-state index contributed by atoms with van der Waals surface area (Å²) >= 11 is 0. The Balaban J connectivity index is 1.53. The standard InChI is InChI=1S/C19H37N3O3/c1-3-19(23)17-22-10-8-21(9-11-22)16-18-4-6-20(7-5-18)12-13-25-15-14-24-2/h18H,3-17H2,1-2H3. The molecule has 0 aromatic heterocycles. The molecule has 0 radical (unpaired) electrons. The smallest absolute Gasteiger partial charge is 0.146 e. The Hall–Kier alpha value is -0.530. The van der Waals surface area contributed by atoms with Crippen LogP contribution in [0.1, 0.15) is 26.2 Å². The fourth-order valence-electron chi connectivity index (χ4n) is 3.69. The number of methoxy groups -OCH3 is 1. The Morgan fingerprint density at radius 1 is 0.920 bits per heavy atom. The van der Waals surface area contributed by atoms with Crippen molar-refractivity contribution >= 4 is 5.78 Å². The van der Waals surface area contributed by atoms with Crippen molar-refractivity contribution in [3.05, 3.63) is 0 Å². The molecule has 0 spiro atoms. The first-order valence-electron chi connectivity index (χ1n) is 9.96. The summed E-state index contributed by atoms with van der Waals surface area (Å²) < 4.78 is 10.6. The van der Waals surface area contributed by atoms with E-state index in [4.69, 9.17) is 9.47 Å². The zero-order chi connectivity index (χ0) is 17.9. The Morgan fingerprint density at radius 3 is 2.24 bits per heavy atom. The van der Waals surface area contributed by atoms with E-state index < -0.39 is 0 Å². The quantitative estimate of drug-likeness (QED) is 0.515. The molecule has 25 heavy (non-hydrogen) atoms. The molecule has 6 heteroatoms. The van der Waals surface area contributed by atoms with E-state index >= 15 is 0 Å². The predicted octanol–water partition coefficient (Wildman–Crippen LogP) is 0.958. The Bertz CT molecular complexity index is 365. The summed E-state index contributed by atoms with van der Waals surface area (Å²) in [5.74, 6) is 1.20. The van der Waals surface area contributed by atoms with Gasteiger partial charge in [0.15, 0.2) is 0 Å². The minimum Gasteiger partial charge on any atom is -0.382 e. The van der Waals surface area contributed by atoms with E-state index in [-0.39, 0.29) is 0 Å². The highest BCUT2D eigenvalue weighted by Crippen LogP contribution is 2.19. The molecule has 146 valence electrons. The number of hydrogen-bond acceptors (Lipinski definition) is 6. The number of nitrogens with zero attached hydrogens (tertiary/aromatic N) is 3. The van der Waals surface area contributed by atoms with E-state index in [0.717, 1.165) is 45.2 Å². The maximum Gasteiger partial charge on any atom is 0.146 e. The van der Waals surface area contributed by atoms with Crippen LogP contribution in [0.5, 0.6) is 0 Å². The topological polar surface area (TPSA) is 45.3 Å². The molecule has 0 bridgehead atoms. The summed E-state index contributed by atoms with van der Waals surface area (Å²) in [6, 6.07) is 0. The largest absolute Gasteiger partial charge is 0.382 e. The van der Waals surface area contributed by atoms with Crippen molar-refractivity contribution in [2.75, 3.05) is 85.8 Å². The van der Waals surface area contributed by atoms with Crippen molar-refractivity contribution in [1.82, 2.24) is 14.7 Å². The molecule has 0 aromatic carbocycles. The van der Waals surface area contributed by atoms with Crippen molar-refractivity contribution in [3.8, 4) is 0 Å². The van der Waals surface area contributed by atoms with Crippen LogP contribution in [0.2, 0.25) is 0 Å². The van der Waals surface area contributed by atoms with E-state index in [9.17, 15) is 4.79 Å². The lowest BCUT2D eigenvalue weighted by Gasteiger charge is -2.38. The number of carbonyl (C=O) groups excluding carboxylic acids is 1. The van der Waals surface area contributed by atoms with Gasteiger partial charge in [0.2, 0.25) is 0 Å². The molecule has 2 aliphatic heterocycles. The van der Waals surface area contributed by atoms with Crippen molar-refractivity contribution < 1.29 is 14.3 Å². The average molecular weight is 356 g/mol. The normalized spacial score (nSPS) is 21.7. The SMILES string of the molecule is CCC(=O)CN1CCN(CC2CCN(CCOCCOC)CC2)CC1. The van der Waals surface area contributed by atoms with Crippen LogP contribution < -0.4 is 0 Å². The van der Waals surface area contributed by atoms with Gasteiger partial charge in [0.25, 0.3) is 0 Å². The molecule has 2 aliphatic rings. The van der Waals surface area contributed by atoms with Gasteiger partial charge in [0, 0.05) is 52.8 Å². The predicted molar refractivity (Wildman–Crippen MR) is 100 cm³/mol. The third-order valence-corrected chi connectivity index (χ3v) is 5.47. The van der Waals surface area contributed by atoms with Gasteiger partial charge in [0.05, 0.1) is 26.4 Å². The molecule has 2 saturated heterocycles. The number of Topliss-reactive ketones (excluding diaryl/α,β-unsaturated/α-hetero) is 1. The molecule has 0 amide bonds. The summed E-state index contributed by atoms with van der Waals surface area (Å²) in [4.78, 5) is 19.0. The molecular weight excluding hydrogens is 318 g/mol. The highest BCUT2D eigenvalue weighted by atomic mass is 16.5. The molecular formula is C19H37N3O3. The second kappa shape index (κ2) is 12.0. The highest BCUT2D eigenvalue weighted by Gasteiger charge is 2.24. The van der Waals surface area contributed by atoms with E-state index in [1.165, 1.54) is 32.5 Å². The molecule has 0 atom stereocenters. The van der Waals surface area contributed by atoms with Gasteiger partial charge in [-0.2, -0.15) is 0 Å². The van der Waals surface area contributed by atoms with Crippen LogP contribution >= 0.6 is 0 Å². The zero-order valence-corrected chi connectivity index (χ0v) is 16.3. The lowest BCUT2D eigenvalue weighted by atomic mass is 9.96. The van der Waals surface area contributed by atoms with E-state index in [0.29, 0.717) is 32.0 Å². The first kappa shape index (κ1) is 20.8. The first-order chi connectivity index (χ1) is 12.2. The van der Waals surface area contributed by atoms with Crippen LogP contribution in [0.3, 0.4) is 0 Å². The molecule has 0 saturated carbocycles. The number of rotatable bonds is 11. The van der Waals surface area contributed by atoms with E-state index in [2.05, 4.69) is 14.7 Å². The number of hydrogen-bond donors (Lipinski definition) is 0. The molecule has 2 rings (SSSR count). The second-order valence-electron chi connectivity index (χ2n) is 7.36. The molecule has 0 unspecified atom stereocenters. The number of piperidine rings is 1. The molecule has 2 heterocycles. The minimum absolute atomic E-state index is 0.368. The highest BCUT2D eigenvalue weighted by molar-refractivity contribution is 5.80. The van der Waals surface area contributed by atoms with Crippen LogP contribution in [0.25, 0.3) is 0 Å².